The van der Waals surface area contributed by atoms with E-state index in [1.54, 1.807) is 0 Å². The van der Waals surface area contributed by atoms with E-state index in [0.717, 1.165) is 84.2 Å². The van der Waals surface area contributed by atoms with Gasteiger partial charge in [0.1, 0.15) is 0 Å². The number of amides is 3. The molecule has 4 heterocycles. The summed E-state index contributed by atoms with van der Waals surface area (Å²) in [7, 11) is 1.37. The van der Waals surface area contributed by atoms with E-state index < -0.39 is 5.92 Å². The van der Waals surface area contributed by atoms with Crippen molar-refractivity contribution in [3.63, 3.8) is 0 Å². The van der Waals surface area contributed by atoms with E-state index in [9.17, 15) is 19.2 Å². The second-order valence-corrected chi connectivity index (χ2v) is 16.4. The van der Waals surface area contributed by atoms with Gasteiger partial charge < -0.3 is 9.64 Å². The number of rotatable bonds is 11. The van der Waals surface area contributed by atoms with Crippen molar-refractivity contribution in [1.82, 2.24) is 15.3 Å². The van der Waals surface area contributed by atoms with Crippen LogP contribution in [-0.2, 0) is 23.9 Å². The van der Waals surface area contributed by atoms with Crippen molar-refractivity contribution in [2.75, 3.05) is 20.2 Å². The normalized spacial score (nSPS) is 26.6. The topological polar surface area (TPSA) is 121 Å². The predicted octanol–water partition coefficient (Wildman–Crippen LogP) is 6.87. The largest absolute Gasteiger partial charge is 0.469 e. The van der Waals surface area contributed by atoms with Crippen molar-refractivity contribution in [3.8, 4) is 11.1 Å². The third-order valence-electron chi connectivity index (χ3n) is 12.9. The standard InChI is InChI=1S/C44H51N5O5/c1-26(2)35(23-40(51)54-3)44(53)48-18-4-6-38(48)36-21-33(24-45-36)29-12-8-27(9-13-29)28-10-14-30(15-11-28)34-22-37(46-25-34)41-31-16-17-32(20-31)42(41)43(52)47-49-19-5-7-39(49)50/h8-15,24-26,31-32,35,38,41-42H,4-7,16-23H2,1-3H3,(H,47,52)/t31-,32+,35-,38-,41-,42+/m0/s1. The second kappa shape index (κ2) is 15.1. The number of nitrogens with one attached hydrogen (secondary N) is 1. The highest BCUT2D eigenvalue weighted by molar-refractivity contribution is 6.04. The first-order valence-electron chi connectivity index (χ1n) is 19.9. The highest BCUT2D eigenvalue weighted by atomic mass is 16.5. The Labute approximate surface area is 317 Å². The van der Waals surface area contributed by atoms with Crippen LogP contribution in [0, 0.1) is 35.5 Å². The van der Waals surface area contributed by atoms with Crippen molar-refractivity contribution < 1.29 is 23.9 Å². The Morgan fingerprint density at radius 2 is 1.43 bits per heavy atom. The maximum Gasteiger partial charge on any atom is 0.306 e. The van der Waals surface area contributed by atoms with Gasteiger partial charge in [0, 0.05) is 62.1 Å². The number of methoxy groups -OCH3 is 1. The van der Waals surface area contributed by atoms with E-state index in [-0.39, 0.29) is 53.9 Å². The number of hydrogen-bond donors (Lipinski definition) is 1. The lowest BCUT2D eigenvalue weighted by Crippen LogP contribution is -2.49. The molecule has 10 heteroatoms. The van der Waals surface area contributed by atoms with E-state index in [1.807, 2.05) is 31.1 Å². The number of hydrogen-bond acceptors (Lipinski definition) is 7. The van der Waals surface area contributed by atoms with Crippen LogP contribution in [0.1, 0.15) is 89.2 Å². The molecule has 1 N–H and O–H groups in total. The molecule has 4 fully saturated rings. The van der Waals surface area contributed by atoms with Crippen LogP contribution in [0.15, 0.2) is 70.9 Å². The second-order valence-electron chi connectivity index (χ2n) is 16.4. The van der Waals surface area contributed by atoms with Gasteiger partial charge in [-0.15, -0.1) is 0 Å². The van der Waals surface area contributed by atoms with Crippen LogP contribution in [0.3, 0.4) is 0 Å². The van der Waals surface area contributed by atoms with Crippen LogP contribution in [0.25, 0.3) is 22.3 Å². The first-order valence-corrected chi connectivity index (χ1v) is 19.9. The number of esters is 1. The lowest BCUT2D eigenvalue weighted by molar-refractivity contribution is -0.148. The molecule has 2 aromatic rings. The monoisotopic (exact) mass is 729 g/mol. The lowest BCUT2D eigenvalue weighted by atomic mass is 9.75. The number of nitrogens with zero attached hydrogens (tertiary/aromatic N) is 4. The first kappa shape index (κ1) is 36.1. The summed E-state index contributed by atoms with van der Waals surface area (Å²) in [5.41, 5.74) is 11.9. The molecule has 2 aromatic carbocycles. The van der Waals surface area contributed by atoms with E-state index in [1.165, 1.54) is 17.7 Å². The molecule has 8 rings (SSSR count). The maximum absolute atomic E-state index is 13.6. The van der Waals surface area contributed by atoms with Gasteiger partial charge in [0.15, 0.2) is 0 Å². The fraction of sp³-hybridized carbons (Fsp3) is 0.500. The third-order valence-corrected chi connectivity index (χ3v) is 12.9. The van der Waals surface area contributed by atoms with Crippen LogP contribution >= 0.6 is 0 Å². The minimum Gasteiger partial charge on any atom is -0.469 e. The van der Waals surface area contributed by atoms with Crippen molar-refractivity contribution >= 4 is 46.3 Å². The Balaban J connectivity index is 0.868. The fourth-order valence-electron chi connectivity index (χ4n) is 9.99. The molecule has 2 saturated heterocycles. The van der Waals surface area contributed by atoms with Crippen molar-refractivity contribution in [2.45, 2.75) is 84.1 Å². The molecule has 2 saturated carbocycles. The molecule has 10 nitrogen and oxygen atoms in total. The Kier molecular flexibility index (Phi) is 10.1. The number of allylic oxidation sites excluding steroid dienone is 2. The molecule has 0 aromatic heterocycles. The van der Waals surface area contributed by atoms with Crippen LogP contribution in [-0.4, -0.2) is 71.3 Å². The molecule has 3 amide bonds. The first-order chi connectivity index (χ1) is 26.2. The van der Waals surface area contributed by atoms with Crippen LogP contribution in [0.5, 0.6) is 0 Å². The molecular formula is C44H51N5O5. The number of fused-ring (bicyclic) bond motifs is 2. The number of hydrazine groups is 1. The number of ether oxygens (including phenoxy) is 1. The van der Waals surface area contributed by atoms with E-state index in [2.05, 4.69) is 54.0 Å². The minimum absolute atomic E-state index is 0.00743. The number of benzene rings is 2. The molecule has 0 radical (unpaired) electrons. The molecule has 6 aliphatic rings. The van der Waals surface area contributed by atoms with Gasteiger partial charge in [-0.1, -0.05) is 62.4 Å². The van der Waals surface area contributed by atoms with Gasteiger partial charge in [0.2, 0.25) is 17.7 Å². The van der Waals surface area contributed by atoms with Crippen LogP contribution in [0.2, 0.25) is 0 Å². The van der Waals surface area contributed by atoms with Gasteiger partial charge >= 0.3 is 5.97 Å². The molecule has 282 valence electrons. The SMILES string of the molecule is COC(=O)C[C@H](C(=O)N1CCC[C@H]1C1=NC=C(c2ccc(-c3ccc(C4=CN=C([C@@H]5[C@H]6CC[C@H](C6)[C@H]5C(=O)NN5CCCC5=O)C4)cc3)cc2)C1)C(C)C. The molecule has 4 aliphatic heterocycles. The molecule has 0 unspecified atom stereocenters. The minimum atomic E-state index is -0.400. The molecule has 54 heavy (non-hydrogen) atoms. The molecule has 6 atom stereocenters. The van der Waals surface area contributed by atoms with E-state index >= 15 is 0 Å². The summed E-state index contributed by atoms with van der Waals surface area (Å²) < 4.78 is 4.88. The summed E-state index contributed by atoms with van der Waals surface area (Å²) in [6, 6.07) is 17.2. The van der Waals surface area contributed by atoms with E-state index in [0.29, 0.717) is 37.8 Å². The zero-order valence-corrected chi connectivity index (χ0v) is 31.6. The summed E-state index contributed by atoms with van der Waals surface area (Å²) in [5, 5.41) is 1.52. The Hall–Kier alpha value is -4.86. The average Bonchev–Trinajstić information content (AvgIpc) is 4.04. The van der Waals surface area contributed by atoms with Gasteiger partial charge in [0.05, 0.1) is 31.4 Å². The maximum atomic E-state index is 13.6. The van der Waals surface area contributed by atoms with Crippen molar-refractivity contribution in [1.29, 1.82) is 0 Å². The summed E-state index contributed by atoms with van der Waals surface area (Å²) in [5.74, 6) is 0.185. The van der Waals surface area contributed by atoms with Gasteiger partial charge in [0.25, 0.3) is 0 Å². The highest BCUT2D eigenvalue weighted by Crippen LogP contribution is 2.54. The van der Waals surface area contributed by atoms with Crippen molar-refractivity contribution in [2.24, 2.45) is 45.5 Å². The van der Waals surface area contributed by atoms with Crippen molar-refractivity contribution in [3.05, 3.63) is 72.1 Å². The molecular weight excluding hydrogens is 679 g/mol. The van der Waals surface area contributed by atoms with Crippen LogP contribution in [0.4, 0.5) is 0 Å². The van der Waals surface area contributed by atoms with E-state index in [4.69, 9.17) is 14.7 Å². The van der Waals surface area contributed by atoms with Crippen LogP contribution < -0.4 is 5.43 Å². The quantitative estimate of drug-likeness (QED) is 0.253. The number of carbonyl (C=O) groups excluding carboxylic acids is 4. The summed E-state index contributed by atoms with van der Waals surface area (Å²) in [6.45, 7) is 5.26. The summed E-state index contributed by atoms with van der Waals surface area (Å²) in [6.07, 6.45) is 11.9. The highest BCUT2D eigenvalue weighted by Gasteiger charge is 2.53. The Bertz CT molecular complexity index is 1940. The Morgan fingerprint density at radius 3 is 2.04 bits per heavy atom. The fourth-order valence-corrected chi connectivity index (χ4v) is 9.99. The molecule has 0 spiro atoms. The number of likely N-dealkylation sites (tertiary alicyclic amines) is 1. The smallest absolute Gasteiger partial charge is 0.306 e. The van der Waals surface area contributed by atoms with Gasteiger partial charge in [-0.2, -0.15) is 0 Å². The molecule has 2 aliphatic carbocycles. The Morgan fingerprint density at radius 1 is 0.815 bits per heavy atom. The lowest BCUT2D eigenvalue weighted by Gasteiger charge is -2.32. The molecule has 2 bridgehead atoms. The predicted molar refractivity (Wildman–Crippen MR) is 209 cm³/mol. The zero-order valence-electron chi connectivity index (χ0n) is 31.6. The summed E-state index contributed by atoms with van der Waals surface area (Å²) >= 11 is 0. The zero-order chi connectivity index (χ0) is 37.5. The van der Waals surface area contributed by atoms with Gasteiger partial charge in [-0.3, -0.25) is 39.6 Å². The van der Waals surface area contributed by atoms with Gasteiger partial charge in [-0.05, 0) is 89.7 Å². The average molecular weight is 730 g/mol. The third kappa shape index (κ3) is 6.95. The van der Waals surface area contributed by atoms with Gasteiger partial charge in [-0.25, -0.2) is 0 Å². The number of aliphatic imine (C=N–C) groups is 2. The number of carbonyl (C=O) groups is 4. The summed E-state index contributed by atoms with van der Waals surface area (Å²) in [4.78, 5) is 63.0.